The monoisotopic (exact) mass is 847 g/mol. The summed E-state index contributed by atoms with van der Waals surface area (Å²) in [6, 6.07) is 25.8. The molecule has 13 heteroatoms. The molecule has 3 aliphatic heterocycles. The predicted octanol–water partition coefficient (Wildman–Crippen LogP) is 8.22. The summed E-state index contributed by atoms with van der Waals surface area (Å²) in [4.78, 5) is 58.8. The zero-order chi connectivity index (χ0) is 43.7. The molecule has 3 aromatic carbocycles. The van der Waals surface area contributed by atoms with Crippen molar-refractivity contribution in [2.24, 2.45) is 5.92 Å². The first-order valence-corrected chi connectivity index (χ1v) is 22.5. The zero-order valence-electron chi connectivity index (χ0n) is 36.7. The topological polar surface area (TPSA) is 162 Å². The molecule has 3 fully saturated rings. The van der Waals surface area contributed by atoms with Crippen molar-refractivity contribution in [1.29, 1.82) is 0 Å². The van der Waals surface area contributed by atoms with Crippen molar-refractivity contribution in [2.45, 2.75) is 96.4 Å². The van der Waals surface area contributed by atoms with Crippen LogP contribution >= 0.6 is 0 Å². The molecule has 0 aliphatic carbocycles. The van der Waals surface area contributed by atoms with Crippen molar-refractivity contribution in [3.8, 4) is 22.5 Å². The van der Waals surface area contributed by atoms with E-state index in [4.69, 9.17) is 9.51 Å². The summed E-state index contributed by atoms with van der Waals surface area (Å²) in [6.07, 6.45) is 8.62. The average molecular weight is 848 g/mol. The SMILES string of the molecule is Cc1cc(-c2ncnc3[nH]c(-c4ccc(C5CCN(CCC6CCN(c7ccc(C8CCC(=O)NC8=O)cc7)CC6)CC5)cc4)cc23)ccc1CNC(=O)c1nc(C(C)(C)C)no1. The van der Waals surface area contributed by atoms with Gasteiger partial charge in [0.2, 0.25) is 11.8 Å². The molecule has 63 heavy (non-hydrogen) atoms. The molecule has 13 nitrogen and oxygen atoms in total. The molecule has 0 bridgehead atoms. The van der Waals surface area contributed by atoms with Crippen LogP contribution in [0.2, 0.25) is 0 Å². The molecule has 0 saturated carbocycles. The number of carbonyl (C=O) groups is 3. The minimum absolute atomic E-state index is 0.0385. The van der Waals surface area contributed by atoms with Crippen LogP contribution < -0.4 is 15.5 Å². The van der Waals surface area contributed by atoms with Gasteiger partial charge in [-0.15, -0.1) is 0 Å². The maximum atomic E-state index is 12.7. The fraction of sp³-hybridized carbons (Fsp3) is 0.420. The number of likely N-dealkylation sites (tertiary alicyclic amines) is 1. The summed E-state index contributed by atoms with van der Waals surface area (Å²) >= 11 is 0. The number of hydrogen-bond acceptors (Lipinski definition) is 10. The largest absolute Gasteiger partial charge is 0.372 e. The summed E-state index contributed by atoms with van der Waals surface area (Å²) < 4.78 is 5.21. The number of aryl methyl sites for hydroxylation is 1. The lowest BCUT2D eigenvalue weighted by Crippen LogP contribution is -2.39. The molecular weight excluding hydrogens is 791 g/mol. The van der Waals surface area contributed by atoms with Gasteiger partial charge in [-0.05, 0) is 129 Å². The quantitative estimate of drug-likeness (QED) is 0.108. The van der Waals surface area contributed by atoms with Crippen molar-refractivity contribution in [2.75, 3.05) is 37.6 Å². The van der Waals surface area contributed by atoms with Gasteiger partial charge in [0, 0.05) is 53.8 Å². The Kier molecular flexibility index (Phi) is 11.9. The number of carbonyl (C=O) groups excluding carboxylic acids is 3. The number of aromatic nitrogens is 5. The van der Waals surface area contributed by atoms with Gasteiger partial charge in [0.15, 0.2) is 5.82 Å². The lowest BCUT2D eigenvalue weighted by atomic mass is 9.88. The number of nitrogens with zero attached hydrogens (tertiary/aromatic N) is 6. The van der Waals surface area contributed by atoms with Crippen LogP contribution in [-0.2, 0) is 21.5 Å². The van der Waals surface area contributed by atoms with E-state index in [-0.39, 0.29) is 29.0 Å². The number of piperidine rings is 3. The highest BCUT2D eigenvalue weighted by atomic mass is 16.5. The second kappa shape index (κ2) is 17.9. The Balaban J connectivity index is 0.742. The fourth-order valence-corrected chi connectivity index (χ4v) is 9.44. The van der Waals surface area contributed by atoms with Crippen LogP contribution in [0.4, 0.5) is 5.69 Å². The van der Waals surface area contributed by atoms with Crippen molar-refractivity contribution >= 4 is 34.4 Å². The van der Waals surface area contributed by atoms with E-state index in [0.717, 1.165) is 82.3 Å². The summed E-state index contributed by atoms with van der Waals surface area (Å²) in [5.41, 5.74) is 10.1. The van der Waals surface area contributed by atoms with Gasteiger partial charge in [0.25, 0.3) is 0 Å². The molecule has 3 aromatic heterocycles. The van der Waals surface area contributed by atoms with E-state index in [1.165, 1.54) is 49.9 Å². The van der Waals surface area contributed by atoms with Crippen LogP contribution in [0.3, 0.4) is 0 Å². The lowest BCUT2D eigenvalue weighted by molar-refractivity contribution is -0.134. The Hall–Kier alpha value is -6.21. The molecule has 1 atom stereocenters. The average Bonchev–Trinajstić information content (AvgIpc) is 3.98. The summed E-state index contributed by atoms with van der Waals surface area (Å²) in [7, 11) is 0. The van der Waals surface area contributed by atoms with Crippen molar-refractivity contribution in [1.82, 2.24) is 40.6 Å². The van der Waals surface area contributed by atoms with Crippen LogP contribution in [0, 0.1) is 12.8 Å². The van der Waals surface area contributed by atoms with Crippen LogP contribution in [0.1, 0.15) is 116 Å². The molecule has 6 aromatic rings. The van der Waals surface area contributed by atoms with Gasteiger partial charge in [-0.1, -0.05) is 74.5 Å². The highest BCUT2D eigenvalue weighted by molar-refractivity contribution is 6.01. The van der Waals surface area contributed by atoms with Crippen LogP contribution in [-0.4, -0.2) is 80.4 Å². The van der Waals surface area contributed by atoms with Gasteiger partial charge in [-0.2, -0.15) is 4.98 Å². The van der Waals surface area contributed by atoms with Crippen molar-refractivity contribution in [3.05, 3.63) is 113 Å². The van der Waals surface area contributed by atoms with E-state index < -0.39 is 5.91 Å². The van der Waals surface area contributed by atoms with E-state index >= 15 is 0 Å². The molecule has 6 heterocycles. The molecular formula is C50H57N9O4. The molecule has 9 rings (SSSR count). The maximum absolute atomic E-state index is 12.7. The molecule has 3 amide bonds. The third-order valence-electron chi connectivity index (χ3n) is 13.4. The number of amides is 3. The van der Waals surface area contributed by atoms with Gasteiger partial charge in [-0.25, -0.2) is 9.97 Å². The summed E-state index contributed by atoms with van der Waals surface area (Å²) in [6.45, 7) is 13.9. The number of fused-ring (bicyclic) bond motifs is 1. The van der Waals surface area contributed by atoms with Gasteiger partial charge in [0.1, 0.15) is 12.0 Å². The number of rotatable bonds is 11. The number of aromatic amines is 1. The van der Waals surface area contributed by atoms with E-state index in [9.17, 15) is 14.4 Å². The molecule has 3 saturated heterocycles. The first kappa shape index (κ1) is 42.1. The number of benzene rings is 3. The molecule has 3 aliphatic rings. The van der Waals surface area contributed by atoms with Gasteiger partial charge < -0.3 is 24.6 Å². The normalized spacial score (nSPS) is 18.2. The van der Waals surface area contributed by atoms with Crippen LogP contribution in [0.15, 0.2) is 83.6 Å². The van der Waals surface area contributed by atoms with Crippen LogP contribution in [0.5, 0.6) is 0 Å². The molecule has 3 N–H and O–H groups in total. The molecule has 0 spiro atoms. The van der Waals surface area contributed by atoms with E-state index in [0.29, 0.717) is 31.1 Å². The Morgan fingerprint density at radius 2 is 1.59 bits per heavy atom. The number of imide groups is 1. The smallest absolute Gasteiger partial charge is 0.315 e. The molecule has 326 valence electrons. The maximum Gasteiger partial charge on any atom is 0.315 e. The van der Waals surface area contributed by atoms with Crippen molar-refractivity contribution in [3.63, 3.8) is 0 Å². The third kappa shape index (κ3) is 9.44. The fourth-order valence-electron chi connectivity index (χ4n) is 9.44. The minimum atomic E-state index is -0.399. The second-order valence-corrected chi connectivity index (χ2v) is 18.7. The van der Waals surface area contributed by atoms with Crippen molar-refractivity contribution < 1.29 is 18.9 Å². The minimum Gasteiger partial charge on any atom is -0.372 e. The van der Waals surface area contributed by atoms with Gasteiger partial charge >= 0.3 is 11.8 Å². The summed E-state index contributed by atoms with van der Waals surface area (Å²) in [5, 5.41) is 10.3. The number of hydrogen-bond donors (Lipinski definition) is 3. The number of H-pyrrole nitrogens is 1. The summed E-state index contributed by atoms with van der Waals surface area (Å²) in [5.74, 6) is 0.798. The zero-order valence-corrected chi connectivity index (χ0v) is 36.7. The Bertz CT molecular complexity index is 2590. The lowest BCUT2D eigenvalue weighted by Gasteiger charge is -2.36. The van der Waals surface area contributed by atoms with E-state index in [1.807, 2.05) is 39.8 Å². The highest BCUT2D eigenvalue weighted by Crippen LogP contribution is 2.35. The first-order chi connectivity index (χ1) is 30.4. The number of anilines is 1. The van der Waals surface area contributed by atoms with Gasteiger partial charge in [0.05, 0.1) is 11.6 Å². The van der Waals surface area contributed by atoms with Gasteiger partial charge in [-0.3, -0.25) is 19.7 Å². The second-order valence-electron chi connectivity index (χ2n) is 18.7. The number of nitrogens with one attached hydrogen (secondary N) is 3. The third-order valence-corrected chi connectivity index (χ3v) is 13.4. The molecule has 0 radical (unpaired) electrons. The first-order valence-electron chi connectivity index (χ1n) is 22.5. The predicted molar refractivity (Wildman–Crippen MR) is 243 cm³/mol. The van der Waals surface area contributed by atoms with Crippen LogP contribution in [0.25, 0.3) is 33.5 Å². The van der Waals surface area contributed by atoms with E-state index in [1.54, 1.807) is 6.33 Å². The Morgan fingerprint density at radius 3 is 2.29 bits per heavy atom. The van der Waals surface area contributed by atoms with E-state index in [2.05, 4.69) is 101 Å². The Morgan fingerprint density at radius 1 is 0.857 bits per heavy atom. The molecule has 1 unspecified atom stereocenters. The highest BCUT2D eigenvalue weighted by Gasteiger charge is 2.29. The Labute approximate surface area is 368 Å². The standard InChI is InChI=1S/C50H57N9O4/c1-31-27-37(9-10-38(31)29-51-47(62)48-56-49(57-63-48)50(2,3)4)44-41-28-42(54-45(41)53-30-52-44)36-7-5-33(6-8-36)34-20-23-58(24-21-34)22-17-32-18-25-59(26-19-32)39-13-11-35(12-14-39)40-15-16-43(60)55-46(40)61/h5-14,27-28,30,32,34,40H,15-26,29H2,1-4H3,(H,51,62)(H,52,53,54)(H,55,60,61).